The predicted molar refractivity (Wildman–Crippen MR) is 116 cm³/mol. The van der Waals surface area contributed by atoms with Crippen molar-refractivity contribution in [1.82, 2.24) is 10.3 Å². The highest BCUT2D eigenvalue weighted by Gasteiger charge is 2.09. The Morgan fingerprint density at radius 1 is 1.07 bits per heavy atom. The topological polar surface area (TPSA) is 71.1 Å². The maximum absolute atomic E-state index is 12.3. The van der Waals surface area contributed by atoms with Crippen molar-refractivity contribution in [3.8, 4) is 12.3 Å². The number of amides is 2. The second kappa shape index (κ2) is 10.1. The third-order valence-electron chi connectivity index (χ3n) is 3.97. The SMILES string of the molecule is C#Cc1cccc(NC(=O)CNC(=O)c2ccc(SCc3cccnc3)cc2)c1. The summed E-state index contributed by atoms with van der Waals surface area (Å²) in [5, 5.41) is 5.33. The number of hydrogen-bond acceptors (Lipinski definition) is 4. The van der Waals surface area contributed by atoms with E-state index in [1.807, 2.05) is 30.5 Å². The molecule has 0 atom stereocenters. The zero-order chi connectivity index (χ0) is 20.5. The van der Waals surface area contributed by atoms with Gasteiger partial charge in [0, 0.05) is 39.9 Å². The number of thioether (sulfide) groups is 1. The van der Waals surface area contributed by atoms with E-state index in [0.29, 0.717) is 16.8 Å². The third-order valence-corrected chi connectivity index (χ3v) is 5.05. The average Bonchev–Trinajstić information content (AvgIpc) is 2.77. The van der Waals surface area contributed by atoms with Crippen LogP contribution in [-0.2, 0) is 10.5 Å². The fourth-order valence-corrected chi connectivity index (χ4v) is 3.34. The van der Waals surface area contributed by atoms with E-state index >= 15 is 0 Å². The summed E-state index contributed by atoms with van der Waals surface area (Å²) in [4.78, 5) is 29.4. The van der Waals surface area contributed by atoms with Gasteiger partial charge in [0.1, 0.15) is 0 Å². The van der Waals surface area contributed by atoms with Gasteiger partial charge in [0.25, 0.3) is 5.91 Å². The maximum atomic E-state index is 12.3. The highest BCUT2D eigenvalue weighted by Crippen LogP contribution is 2.22. The molecular formula is C23H19N3O2S. The van der Waals surface area contributed by atoms with E-state index < -0.39 is 0 Å². The number of rotatable bonds is 7. The van der Waals surface area contributed by atoms with E-state index in [2.05, 4.69) is 21.5 Å². The Balaban J connectivity index is 1.47. The van der Waals surface area contributed by atoms with Crippen LogP contribution in [0.1, 0.15) is 21.5 Å². The van der Waals surface area contributed by atoms with Crippen LogP contribution in [0.3, 0.4) is 0 Å². The molecule has 0 saturated heterocycles. The third kappa shape index (κ3) is 6.23. The standard InChI is InChI=1S/C23H19N3O2S/c1-2-17-5-3-7-20(13-17)26-22(27)15-25-23(28)19-8-10-21(11-9-19)29-16-18-6-4-12-24-14-18/h1,3-14H,15-16H2,(H,25,28)(H,26,27). The van der Waals surface area contributed by atoms with E-state index in [0.717, 1.165) is 16.2 Å². The second-order valence-corrected chi connectivity index (χ2v) is 7.18. The van der Waals surface area contributed by atoms with Crippen LogP contribution in [0.4, 0.5) is 5.69 Å². The number of benzene rings is 2. The van der Waals surface area contributed by atoms with Gasteiger partial charge in [0.2, 0.25) is 5.91 Å². The van der Waals surface area contributed by atoms with Crippen molar-refractivity contribution in [2.45, 2.75) is 10.6 Å². The Morgan fingerprint density at radius 3 is 2.62 bits per heavy atom. The molecule has 2 amide bonds. The number of aromatic nitrogens is 1. The lowest BCUT2D eigenvalue weighted by Crippen LogP contribution is -2.32. The molecule has 0 bridgehead atoms. The molecule has 0 fully saturated rings. The number of carbonyl (C=O) groups excluding carboxylic acids is 2. The molecule has 0 radical (unpaired) electrons. The number of carbonyl (C=O) groups is 2. The maximum Gasteiger partial charge on any atom is 0.251 e. The molecule has 1 heterocycles. The van der Waals surface area contributed by atoms with E-state index in [1.165, 1.54) is 0 Å². The minimum atomic E-state index is -0.323. The Hall–Kier alpha value is -3.56. The van der Waals surface area contributed by atoms with Gasteiger partial charge in [0.05, 0.1) is 6.54 Å². The molecule has 29 heavy (non-hydrogen) atoms. The van der Waals surface area contributed by atoms with Crippen LogP contribution in [0.2, 0.25) is 0 Å². The molecule has 0 aliphatic heterocycles. The predicted octanol–water partition coefficient (Wildman–Crippen LogP) is 3.72. The van der Waals surface area contributed by atoms with Crippen LogP contribution in [0.15, 0.2) is 78.0 Å². The zero-order valence-corrected chi connectivity index (χ0v) is 16.4. The largest absolute Gasteiger partial charge is 0.343 e. The van der Waals surface area contributed by atoms with Crippen LogP contribution in [0.25, 0.3) is 0 Å². The molecule has 0 aliphatic rings. The molecule has 5 nitrogen and oxygen atoms in total. The van der Waals surface area contributed by atoms with Crippen LogP contribution in [0.5, 0.6) is 0 Å². The molecular weight excluding hydrogens is 382 g/mol. The summed E-state index contributed by atoms with van der Waals surface area (Å²) >= 11 is 1.67. The lowest BCUT2D eigenvalue weighted by molar-refractivity contribution is -0.115. The normalized spacial score (nSPS) is 10.0. The van der Waals surface area contributed by atoms with Crippen LogP contribution >= 0.6 is 11.8 Å². The first-order valence-electron chi connectivity index (χ1n) is 8.90. The van der Waals surface area contributed by atoms with Crippen molar-refractivity contribution in [1.29, 1.82) is 0 Å². The summed E-state index contributed by atoms with van der Waals surface area (Å²) < 4.78 is 0. The minimum Gasteiger partial charge on any atom is -0.343 e. The van der Waals surface area contributed by atoms with Crippen molar-refractivity contribution in [3.05, 3.63) is 89.7 Å². The first kappa shape index (κ1) is 20.2. The number of pyridine rings is 1. The smallest absolute Gasteiger partial charge is 0.251 e. The van der Waals surface area contributed by atoms with Gasteiger partial charge in [-0.05, 0) is 54.1 Å². The molecule has 3 rings (SSSR count). The Bertz CT molecular complexity index is 1030. The van der Waals surface area contributed by atoms with E-state index in [9.17, 15) is 9.59 Å². The molecule has 1 aromatic heterocycles. The molecule has 2 N–H and O–H groups in total. The monoisotopic (exact) mass is 401 g/mol. The summed E-state index contributed by atoms with van der Waals surface area (Å²) in [6.07, 6.45) is 8.93. The van der Waals surface area contributed by atoms with Gasteiger partial charge in [-0.1, -0.05) is 18.1 Å². The molecule has 0 saturated carbocycles. The number of terminal acetylenes is 1. The van der Waals surface area contributed by atoms with Crippen molar-refractivity contribution < 1.29 is 9.59 Å². The molecule has 0 spiro atoms. The highest BCUT2D eigenvalue weighted by atomic mass is 32.2. The van der Waals surface area contributed by atoms with Crippen LogP contribution < -0.4 is 10.6 Å². The van der Waals surface area contributed by atoms with E-state index in [4.69, 9.17) is 6.42 Å². The van der Waals surface area contributed by atoms with Crippen molar-refractivity contribution >= 4 is 29.3 Å². The first-order chi connectivity index (χ1) is 14.1. The van der Waals surface area contributed by atoms with Crippen molar-refractivity contribution in [2.24, 2.45) is 0 Å². The van der Waals surface area contributed by atoms with Gasteiger partial charge in [0.15, 0.2) is 0 Å². The Labute approximate surface area is 173 Å². The lowest BCUT2D eigenvalue weighted by Gasteiger charge is -2.08. The first-order valence-corrected chi connectivity index (χ1v) is 9.89. The summed E-state index contributed by atoms with van der Waals surface area (Å²) in [6.45, 7) is -0.128. The zero-order valence-electron chi connectivity index (χ0n) is 15.6. The van der Waals surface area contributed by atoms with E-state index in [1.54, 1.807) is 54.4 Å². The summed E-state index contributed by atoms with van der Waals surface area (Å²) in [5.41, 5.74) is 2.90. The van der Waals surface area contributed by atoms with Crippen LogP contribution in [-0.4, -0.2) is 23.3 Å². The van der Waals surface area contributed by atoms with Crippen LogP contribution in [0, 0.1) is 12.3 Å². The van der Waals surface area contributed by atoms with Crippen molar-refractivity contribution in [2.75, 3.05) is 11.9 Å². The minimum absolute atomic E-state index is 0.128. The Morgan fingerprint density at radius 2 is 1.90 bits per heavy atom. The molecule has 2 aromatic carbocycles. The van der Waals surface area contributed by atoms with Gasteiger partial charge in [-0.25, -0.2) is 0 Å². The summed E-state index contributed by atoms with van der Waals surface area (Å²) in [7, 11) is 0. The molecule has 6 heteroatoms. The summed E-state index contributed by atoms with van der Waals surface area (Å²) in [5.74, 6) is 2.69. The lowest BCUT2D eigenvalue weighted by atomic mass is 10.2. The van der Waals surface area contributed by atoms with Gasteiger partial charge in [-0.15, -0.1) is 18.2 Å². The second-order valence-electron chi connectivity index (χ2n) is 6.13. The Kier molecular flexibility index (Phi) is 7.04. The quantitative estimate of drug-likeness (QED) is 0.468. The fourth-order valence-electron chi connectivity index (χ4n) is 2.51. The van der Waals surface area contributed by atoms with Gasteiger partial charge >= 0.3 is 0 Å². The van der Waals surface area contributed by atoms with Gasteiger partial charge < -0.3 is 10.6 Å². The molecule has 0 aliphatic carbocycles. The fraction of sp³-hybridized carbons (Fsp3) is 0.0870. The number of hydrogen-bond donors (Lipinski definition) is 2. The molecule has 3 aromatic rings. The number of nitrogens with zero attached hydrogens (tertiary/aromatic N) is 1. The summed E-state index contributed by atoms with van der Waals surface area (Å²) in [6, 6.07) is 18.2. The van der Waals surface area contributed by atoms with Crippen molar-refractivity contribution in [3.63, 3.8) is 0 Å². The van der Waals surface area contributed by atoms with Gasteiger partial charge in [-0.2, -0.15) is 0 Å². The number of anilines is 1. The average molecular weight is 401 g/mol. The molecule has 144 valence electrons. The highest BCUT2D eigenvalue weighted by molar-refractivity contribution is 7.98. The number of nitrogens with one attached hydrogen (secondary N) is 2. The van der Waals surface area contributed by atoms with E-state index in [-0.39, 0.29) is 18.4 Å². The van der Waals surface area contributed by atoms with Gasteiger partial charge in [-0.3, -0.25) is 14.6 Å². The molecule has 0 unspecified atom stereocenters.